The molecule has 1 saturated heterocycles. The maximum Gasteiger partial charge on any atom is 0.300 e. The standard InChI is InChI=1S/C26H23NO6/c1-15-11-12-21(33-3)18(13-15)24(29)22-23(16-7-6-8-17(14-16)32-2)27(26(31)25(22)30)19-9-4-5-10-20(19)28/h4-14,23,28-29H,1-3H3/b24-22+. The Bertz CT molecular complexity index is 1280. The van der Waals surface area contributed by atoms with E-state index in [1.807, 2.05) is 13.0 Å². The predicted octanol–water partition coefficient (Wildman–Crippen LogP) is 4.34. The summed E-state index contributed by atoms with van der Waals surface area (Å²) in [7, 11) is 2.97. The molecule has 3 aromatic carbocycles. The van der Waals surface area contributed by atoms with E-state index in [2.05, 4.69) is 0 Å². The number of aliphatic hydroxyl groups is 1. The number of hydrogen-bond acceptors (Lipinski definition) is 6. The lowest BCUT2D eigenvalue weighted by atomic mass is 9.94. The van der Waals surface area contributed by atoms with Gasteiger partial charge in [0.25, 0.3) is 11.7 Å². The molecule has 0 spiro atoms. The first kappa shape index (κ1) is 22.0. The zero-order valence-corrected chi connectivity index (χ0v) is 18.4. The van der Waals surface area contributed by atoms with Crippen LogP contribution in [0.15, 0.2) is 72.3 Å². The number of ketones is 1. The Morgan fingerprint density at radius 2 is 1.70 bits per heavy atom. The van der Waals surface area contributed by atoms with Gasteiger partial charge >= 0.3 is 0 Å². The van der Waals surface area contributed by atoms with Crippen LogP contribution in [0.2, 0.25) is 0 Å². The van der Waals surface area contributed by atoms with Crippen molar-refractivity contribution in [1.82, 2.24) is 0 Å². The number of phenolic OH excluding ortho intramolecular Hbond substituents is 1. The molecular weight excluding hydrogens is 422 g/mol. The van der Waals surface area contributed by atoms with Gasteiger partial charge in [0.05, 0.1) is 37.1 Å². The number of aryl methyl sites for hydroxylation is 1. The van der Waals surface area contributed by atoms with Crippen molar-refractivity contribution in [1.29, 1.82) is 0 Å². The maximum absolute atomic E-state index is 13.3. The quantitative estimate of drug-likeness (QED) is 0.345. The molecule has 0 aliphatic carbocycles. The highest BCUT2D eigenvalue weighted by atomic mass is 16.5. The van der Waals surface area contributed by atoms with Crippen molar-refractivity contribution in [3.63, 3.8) is 0 Å². The first-order valence-electron chi connectivity index (χ1n) is 10.2. The van der Waals surface area contributed by atoms with Gasteiger partial charge in [-0.3, -0.25) is 14.5 Å². The van der Waals surface area contributed by atoms with Crippen LogP contribution in [0.5, 0.6) is 17.2 Å². The van der Waals surface area contributed by atoms with Crippen molar-refractivity contribution in [3.05, 3.63) is 89.0 Å². The number of amides is 1. The highest BCUT2D eigenvalue weighted by Crippen LogP contribution is 2.45. The van der Waals surface area contributed by atoms with Gasteiger partial charge in [0, 0.05) is 0 Å². The summed E-state index contributed by atoms with van der Waals surface area (Å²) in [6, 6.07) is 17.3. The van der Waals surface area contributed by atoms with Crippen LogP contribution in [0.4, 0.5) is 5.69 Å². The van der Waals surface area contributed by atoms with Crippen LogP contribution in [0.1, 0.15) is 22.7 Å². The minimum absolute atomic E-state index is 0.111. The Morgan fingerprint density at radius 1 is 0.939 bits per heavy atom. The van der Waals surface area contributed by atoms with Crippen LogP contribution in [0.25, 0.3) is 5.76 Å². The summed E-state index contributed by atoms with van der Waals surface area (Å²) in [5.41, 5.74) is 1.71. The molecule has 1 aliphatic rings. The molecule has 3 aromatic rings. The number of phenols is 1. The third kappa shape index (κ3) is 3.78. The molecule has 0 saturated carbocycles. The molecule has 4 rings (SSSR count). The lowest BCUT2D eigenvalue weighted by molar-refractivity contribution is -0.132. The maximum atomic E-state index is 13.3. The zero-order chi connectivity index (χ0) is 23.7. The molecular formula is C26H23NO6. The van der Waals surface area contributed by atoms with E-state index >= 15 is 0 Å². The van der Waals surface area contributed by atoms with Crippen molar-refractivity contribution in [2.24, 2.45) is 0 Å². The summed E-state index contributed by atoms with van der Waals surface area (Å²) in [6.07, 6.45) is 0. The van der Waals surface area contributed by atoms with Crippen LogP contribution < -0.4 is 14.4 Å². The van der Waals surface area contributed by atoms with Gasteiger partial charge in [0.2, 0.25) is 0 Å². The van der Waals surface area contributed by atoms with Crippen LogP contribution in [-0.2, 0) is 9.59 Å². The highest BCUT2D eigenvalue weighted by molar-refractivity contribution is 6.52. The average molecular weight is 445 g/mol. The summed E-state index contributed by atoms with van der Waals surface area (Å²) < 4.78 is 10.7. The second-order valence-electron chi connectivity index (χ2n) is 7.64. The number of carbonyl (C=O) groups excluding carboxylic acids is 2. The van der Waals surface area contributed by atoms with Crippen LogP contribution in [0.3, 0.4) is 0 Å². The monoisotopic (exact) mass is 445 g/mol. The second kappa shape index (κ2) is 8.70. The fourth-order valence-electron chi connectivity index (χ4n) is 4.03. The molecule has 0 bridgehead atoms. The van der Waals surface area contributed by atoms with Crippen molar-refractivity contribution >= 4 is 23.1 Å². The SMILES string of the molecule is COc1cccc(C2/C(=C(\O)c3cc(C)ccc3OC)C(=O)C(=O)N2c2ccccc2O)c1. The van der Waals surface area contributed by atoms with Crippen LogP contribution >= 0.6 is 0 Å². The summed E-state index contributed by atoms with van der Waals surface area (Å²) in [4.78, 5) is 27.7. The van der Waals surface area contributed by atoms with E-state index in [-0.39, 0.29) is 22.8 Å². The number of rotatable bonds is 5. The largest absolute Gasteiger partial charge is 0.507 e. The summed E-state index contributed by atoms with van der Waals surface area (Å²) in [6.45, 7) is 1.84. The van der Waals surface area contributed by atoms with E-state index in [1.165, 1.54) is 25.2 Å². The third-order valence-corrected chi connectivity index (χ3v) is 5.61. The van der Waals surface area contributed by atoms with E-state index in [9.17, 15) is 19.8 Å². The minimum Gasteiger partial charge on any atom is -0.507 e. The van der Waals surface area contributed by atoms with Gasteiger partial charge in [-0.05, 0) is 48.9 Å². The lowest BCUT2D eigenvalue weighted by Crippen LogP contribution is -2.29. The molecule has 2 N–H and O–H groups in total. The minimum atomic E-state index is -1.00. The number of carbonyl (C=O) groups is 2. The first-order valence-corrected chi connectivity index (χ1v) is 10.2. The predicted molar refractivity (Wildman–Crippen MR) is 124 cm³/mol. The number of hydrogen-bond donors (Lipinski definition) is 2. The number of para-hydroxylation sites is 2. The van der Waals surface area contributed by atoms with E-state index in [0.29, 0.717) is 22.6 Å². The zero-order valence-electron chi connectivity index (χ0n) is 18.4. The lowest BCUT2D eigenvalue weighted by Gasteiger charge is -2.26. The van der Waals surface area contributed by atoms with Crippen molar-refractivity contribution in [2.45, 2.75) is 13.0 Å². The second-order valence-corrected chi connectivity index (χ2v) is 7.64. The van der Waals surface area contributed by atoms with Gasteiger partial charge in [-0.25, -0.2) is 0 Å². The fraction of sp³-hybridized carbons (Fsp3) is 0.154. The van der Waals surface area contributed by atoms with Gasteiger partial charge in [0.1, 0.15) is 23.0 Å². The van der Waals surface area contributed by atoms with E-state index < -0.39 is 17.7 Å². The van der Waals surface area contributed by atoms with Crippen molar-refractivity contribution < 1.29 is 29.3 Å². The number of aromatic hydroxyl groups is 1. The van der Waals surface area contributed by atoms with Crippen molar-refractivity contribution in [3.8, 4) is 17.2 Å². The Hall–Kier alpha value is -4.26. The van der Waals surface area contributed by atoms with Gasteiger partial charge in [-0.1, -0.05) is 35.9 Å². The van der Waals surface area contributed by atoms with Crippen molar-refractivity contribution in [2.75, 3.05) is 19.1 Å². The Labute approximate surface area is 191 Å². The van der Waals surface area contributed by atoms with Gasteiger partial charge in [0.15, 0.2) is 0 Å². The Kier molecular flexibility index (Phi) is 5.79. The first-order chi connectivity index (χ1) is 15.9. The molecule has 168 valence electrons. The van der Waals surface area contributed by atoms with E-state index in [0.717, 1.165) is 5.56 Å². The molecule has 7 heteroatoms. The fourth-order valence-corrected chi connectivity index (χ4v) is 4.03. The van der Waals surface area contributed by atoms with E-state index in [1.54, 1.807) is 54.6 Å². The number of aliphatic hydroxyl groups excluding tert-OH is 1. The molecule has 1 atom stereocenters. The summed E-state index contributed by atoms with van der Waals surface area (Å²) in [5.74, 6) is -1.38. The van der Waals surface area contributed by atoms with Gasteiger partial charge in [-0.15, -0.1) is 0 Å². The molecule has 7 nitrogen and oxygen atoms in total. The summed E-state index contributed by atoms with van der Waals surface area (Å²) >= 11 is 0. The number of Topliss-reactive ketones (excluding diaryl/α,β-unsaturated/α-hetero) is 1. The average Bonchev–Trinajstić information content (AvgIpc) is 3.09. The van der Waals surface area contributed by atoms with Crippen LogP contribution in [0, 0.1) is 6.92 Å². The number of nitrogens with zero attached hydrogens (tertiary/aromatic N) is 1. The highest BCUT2D eigenvalue weighted by Gasteiger charge is 2.48. The topological polar surface area (TPSA) is 96.3 Å². The Morgan fingerprint density at radius 3 is 2.39 bits per heavy atom. The molecule has 33 heavy (non-hydrogen) atoms. The number of ether oxygens (including phenoxy) is 2. The molecule has 1 heterocycles. The molecule has 1 fully saturated rings. The smallest absolute Gasteiger partial charge is 0.300 e. The molecule has 1 aliphatic heterocycles. The molecule has 1 unspecified atom stereocenters. The third-order valence-electron chi connectivity index (χ3n) is 5.61. The molecule has 1 amide bonds. The number of methoxy groups -OCH3 is 2. The number of anilines is 1. The van der Waals surface area contributed by atoms with Gasteiger partial charge < -0.3 is 19.7 Å². The van der Waals surface area contributed by atoms with E-state index in [4.69, 9.17) is 9.47 Å². The number of benzene rings is 3. The normalized spacial score (nSPS) is 17.3. The molecule has 0 radical (unpaired) electrons. The van der Waals surface area contributed by atoms with Crippen LogP contribution in [-0.4, -0.2) is 36.1 Å². The summed E-state index contributed by atoms with van der Waals surface area (Å²) in [5, 5.41) is 21.8. The molecule has 0 aromatic heterocycles. The Balaban J connectivity index is 2.02. The van der Waals surface area contributed by atoms with Gasteiger partial charge in [-0.2, -0.15) is 0 Å².